The van der Waals surface area contributed by atoms with Crippen molar-refractivity contribution in [3.8, 4) is 0 Å². The zero-order valence-corrected chi connectivity index (χ0v) is 14.3. The van der Waals surface area contributed by atoms with Gasteiger partial charge in [-0.05, 0) is 18.2 Å². The molecule has 1 fully saturated rings. The smallest absolute Gasteiger partial charge is 0.264 e. The molecule has 1 aromatic carbocycles. The largest absolute Gasteiger partial charge is 0.324 e. The van der Waals surface area contributed by atoms with Crippen LogP contribution in [0.5, 0.6) is 0 Å². The van der Waals surface area contributed by atoms with Gasteiger partial charge in [0.1, 0.15) is 16.8 Å². The van der Waals surface area contributed by atoms with Gasteiger partial charge in [0, 0.05) is 32.2 Å². The van der Waals surface area contributed by atoms with Crippen molar-refractivity contribution in [3.05, 3.63) is 46.9 Å². The van der Waals surface area contributed by atoms with Crippen LogP contribution in [0.3, 0.4) is 0 Å². The van der Waals surface area contributed by atoms with Crippen LogP contribution in [0.15, 0.2) is 29.6 Å². The lowest BCUT2D eigenvalue weighted by Gasteiger charge is -2.35. The number of halogens is 3. The number of nitrogens with zero attached hydrogens (tertiary/aromatic N) is 3. The van der Waals surface area contributed by atoms with Crippen molar-refractivity contribution in [2.45, 2.75) is 11.1 Å². The van der Waals surface area contributed by atoms with Crippen molar-refractivity contribution in [1.29, 1.82) is 0 Å². The Labute approximate surface area is 143 Å². The van der Waals surface area contributed by atoms with E-state index < -0.39 is 27.7 Å². The lowest BCUT2D eigenvalue weighted by molar-refractivity contribution is 0.265. The van der Waals surface area contributed by atoms with Gasteiger partial charge < -0.3 is 9.88 Å². The van der Waals surface area contributed by atoms with E-state index in [2.05, 4.69) is 10.3 Å². The fourth-order valence-corrected chi connectivity index (χ4v) is 4.69. The van der Waals surface area contributed by atoms with E-state index in [1.165, 1.54) is 10.9 Å². The predicted molar refractivity (Wildman–Crippen MR) is 84.1 cm³/mol. The number of imidazole rings is 1. The summed E-state index contributed by atoms with van der Waals surface area (Å²) in [5.41, 5.74) is -0.0298. The van der Waals surface area contributed by atoms with E-state index in [0.717, 1.165) is 22.5 Å². The highest BCUT2D eigenvalue weighted by molar-refractivity contribution is 7.89. The maximum Gasteiger partial charge on any atom is 0.264 e. The summed E-state index contributed by atoms with van der Waals surface area (Å²) >= 11 is 6.01. The molecule has 3 rings (SSSR count). The molecule has 1 aromatic heterocycles. The molecule has 0 amide bonds. The Kier molecular flexibility index (Phi) is 4.60. The number of sulfonamides is 1. The van der Waals surface area contributed by atoms with E-state index in [1.807, 2.05) is 0 Å². The summed E-state index contributed by atoms with van der Waals surface area (Å²) < 4.78 is 56.0. The number of aromatic nitrogens is 2. The fourth-order valence-electron chi connectivity index (χ4n) is 2.69. The molecule has 1 atom stereocenters. The first-order valence-corrected chi connectivity index (χ1v) is 8.98. The summed E-state index contributed by atoms with van der Waals surface area (Å²) in [5.74, 6) is -1.30. The highest BCUT2D eigenvalue weighted by Gasteiger charge is 2.38. The Bertz CT molecular complexity index is 872. The zero-order valence-electron chi connectivity index (χ0n) is 12.7. The number of rotatable bonds is 3. The maximum absolute atomic E-state index is 14.1. The average molecular weight is 377 g/mol. The lowest BCUT2D eigenvalue weighted by Crippen LogP contribution is -2.49. The van der Waals surface area contributed by atoms with Gasteiger partial charge in [0.25, 0.3) is 10.0 Å². The topological polar surface area (TPSA) is 67.2 Å². The van der Waals surface area contributed by atoms with Crippen molar-refractivity contribution in [3.63, 3.8) is 0 Å². The monoisotopic (exact) mass is 376 g/mol. The minimum absolute atomic E-state index is 0.0298. The van der Waals surface area contributed by atoms with E-state index in [0.29, 0.717) is 6.54 Å². The van der Waals surface area contributed by atoms with Crippen LogP contribution in [-0.4, -0.2) is 41.9 Å². The van der Waals surface area contributed by atoms with E-state index in [9.17, 15) is 17.2 Å². The number of benzene rings is 1. The normalized spacial score (nSPS) is 19.6. The van der Waals surface area contributed by atoms with Crippen LogP contribution < -0.4 is 5.32 Å². The van der Waals surface area contributed by atoms with Gasteiger partial charge in [-0.15, -0.1) is 0 Å². The van der Waals surface area contributed by atoms with Gasteiger partial charge in [0.05, 0.1) is 12.4 Å². The molecule has 1 unspecified atom stereocenters. The first kappa shape index (κ1) is 17.3. The summed E-state index contributed by atoms with van der Waals surface area (Å²) in [4.78, 5) is 3.84. The second-order valence-electron chi connectivity index (χ2n) is 5.45. The van der Waals surface area contributed by atoms with E-state index in [1.54, 1.807) is 7.05 Å². The second-order valence-corrected chi connectivity index (χ2v) is 7.62. The van der Waals surface area contributed by atoms with Gasteiger partial charge in [-0.3, -0.25) is 0 Å². The molecule has 2 heterocycles. The van der Waals surface area contributed by atoms with Crippen LogP contribution in [0.4, 0.5) is 8.78 Å². The number of hydrogen-bond donors (Lipinski definition) is 1. The van der Waals surface area contributed by atoms with Gasteiger partial charge in [-0.25, -0.2) is 22.2 Å². The minimum atomic E-state index is -4.06. The van der Waals surface area contributed by atoms with Crippen LogP contribution in [-0.2, 0) is 17.1 Å². The third-order valence-corrected chi connectivity index (χ3v) is 6.30. The number of nitrogens with one attached hydrogen (secondary N) is 1. The molecule has 2 aromatic rings. The van der Waals surface area contributed by atoms with Gasteiger partial charge in [-0.1, -0.05) is 11.6 Å². The minimum Gasteiger partial charge on any atom is -0.324 e. The number of aryl methyl sites for hydroxylation is 1. The van der Waals surface area contributed by atoms with E-state index in [4.69, 9.17) is 11.6 Å². The molecule has 0 radical (unpaired) electrons. The Morgan fingerprint density at radius 1 is 1.38 bits per heavy atom. The van der Waals surface area contributed by atoms with Crippen LogP contribution in [0, 0.1) is 11.6 Å². The van der Waals surface area contributed by atoms with Crippen molar-refractivity contribution in [2.24, 2.45) is 7.05 Å². The molecule has 130 valence electrons. The lowest BCUT2D eigenvalue weighted by atomic mass is 10.0. The zero-order chi connectivity index (χ0) is 17.5. The quantitative estimate of drug-likeness (QED) is 0.885. The molecule has 0 spiro atoms. The molecule has 1 aliphatic heterocycles. The molecule has 10 heteroatoms. The summed E-state index contributed by atoms with van der Waals surface area (Å²) in [7, 11) is -2.49. The van der Waals surface area contributed by atoms with Gasteiger partial charge in [0.15, 0.2) is 0 Å². The average Bonchev–Trinajstić information content (AvgIpc) is 2.90. The highest BCUT2D eigenvalue weighted by atomic mass is 35.5. The third kappa shape index (κ3) is 2.92. The van der Waals surface area contributed by atoms with Gasteiger partial charge in [-0.2, -0.15) is 4.31 Å². The SMILES string of the molecule is Cn1cnc(S(=O)(=O)N2CCNCC2c2cc(F)ccc2F)c1Cl. The molecule has 0 aliphatic carbocycles. The molecular formula is C14H15ClF2N4O2S. The molecule has 1 aliphatic rings. The van der Waals surface area contributed by atoms with Crippen LogP contribution in [0.2, 0.25) is 5.15 Å². The Balaban J connectivity index is 2.07. The van der Waals surface area contributed by atoms with Crippen molar-refractivity contribution >= 4 is 21.6 Å². The first-order chi connectivity index (χ1) is 11.3. The highest BCUT2D eigenvalue weighted by Crippen LogP contribution is 2.32. The molecule has 24 heavy (non-hydrogen) atoms. The summed E-state index contributed by atoms with van der Waals surface area (Å²) in [6.07, 6.45) is 1.29. The maximum atomic E-state index is 14.1. The fraction of sp³-hybridized carbons (Fsp3) is 0.357. The third-order valence-electron chi connectivity index (χ3n) is 3.90. The first-order valence-electron chi connectivity index (χ1n) is 7.16. The number of hydrogen-bond acceptors (Lipinski definition) is 4. The van der Waals surface area contributed by atoms with Crippen LogP contribution >= 0.6 is 11.6 Å². The molecule has 0 saturated carbocycles. The molecular weight excluding hydrogens is 362 g/mol. The number of piperazine rings is 1. The summed E-state index contributed by atoms with van der Waals surface area (Å²) in [5, 5.41) is 2.67. The van der Waals surface area contributed by atoms with Gasteiger partial charge in [0.2, 0.25) is 5.03 Å². The van der Waals surface area contributed by atoms with E-state index >= 15 is 0 Å². The van der Waals surface area contributed by atoms with E-state index in [-0.39, 0.29) is 28.8 Å². The van der Waals surface area contributed by atoms with Gasteiger partial charge >= 0.3 is 0 Å². The van der Waals surface area contributed by atoms with Crippen LogP contribution in [0.25, 0.3) is 0 Å². The summed E-state index contributed by atoms with van der Waals surface area (Å²) in [6, 6.07) is 2.09. The van der Waals surface area contributed by atoms with Crippen LogP contribution in [0.1, 0.15) is 11.6 Å². The molecule has 6 nitrogen and oxygen atoms in total. The molecule has 1 saturated heterocycles. The Hall–Kier alpha value is -1.55. The van der Waals surface area contributed by atoms with Crippen molar-refractivity contribution < 1.29 is 17.2 Å². The van der Waals surface area contributed by atoms with Crippen molar-refractivity contribution in [2.75, 3.05) is 19.6 Å². The standard InChI is InChI=1S/C14H15ClF2N4O2S/c1-20-8-19-14(13(20)15)24(22,23)21-5-4-18-7-12(21)10-6-9(16)2-3-11(10)17/h2-3,6,8,12,18H,4-5,7H2,1H3. The Morgan fingerprint density at radius 3 is 2.79 bits per heavy atom. The predicted octanol–water partition coefficient (Wildman–Crippen LogP) is 1.69. The summed E-state index contributed by atoms with van der Waals surface area (Å²) in [6.45, 7) is 0.636. The molecule has 1 N–H and O–H groups in total. The van der Waals surface area contributed by atoms with Crippen molar-refractivity contribution in [1.82, 2.24) is 19.2 Å². The Morgan fingerprint density at radius 2 is 2.12 bits per heavy atom. The molecule has 0 bridgehead atoms. The second kappa shape index (κ2) is 6.40.